The molecule has 1 aromatic heterocycles. The summed E-state index contributed by atoms with van der Waals surface area (Å²) in [5.41, 5.74) is 1.24. The molecule has 0 aliphatic carbocycles. The third-order valence-electron chi connectivity index (χ3n) is 2.43. The highest BCUT2D eigenvalue weighted by Crippen LogP contribution is 2.19. The molecule has 0 saturated carbocycles. The van der Waals surface area contributed by atoms with Crippen LogP contribution in [0, 0.1) is 6.92 Å². The van der Waals surface area contributed by atoms with Gasteiger partial charge in [0.1, 0.15) is 0 Å². The summed E-state index contributed by atoms with van der Waals surface area (Å²) in [7, 11) is 1.71. The van der Waals surface area contributed by atoms with Crippen molar-refractivity contribution in [3.63, 3.8) is 0 Å². The van der Waals surface area contributed by atoms with Crippen molar-refractivity contribution in [3.8, 4) is 0 Å². The molecule has 0 amide bonds. The van der Waals surface area contributed by atoms with E-state index in [1.165, 1.54) is 10.4 Å². The highest BCUT2D eigenvalue weighted by atomic mass is 32.2. The molecule has 1 aromatic carbocycles. The van der Waals surface area contributed by atoms with Gasteiger partial charge in [-0.2, -0.15) is 4.80 Å². The van der Waals surface area contributed by atoms with Crippen LogP contribution in [0.3, 0.4) is 0 Å². The molecule has 2 aromatic rings. The second kappa shape index (κ2) is 5.97. The molecule has 0 radical (unpaired) electrons. The molecule has 18 heavy (non-hydrogen) atoms. The van der Waals surface area contributed by atoms with Crippen LogP contribution in [-0.4, -0.2) is 37.2 Å². The normalized spacial score (nSPS) is 12.6. The Hall–Kier alpha value is -1.40. The molecule has 0 aliphatic rings. The van der Waals surface area contributed by atoms with Crippen LogP contribution in [0.2, 0.25) is 0 Å². The lowest BCUT2D eigenvalue weighted by Crippen LogP contribution is -2.14. The number of tetrazole rings is 1. The van der Waals surface area contributed by atoms with Crippen molar-refractivity contribution in [1.29, 1.82) is 0 Å². The minimum Gasteiger partial charge on any atom is -0.392 e. The summed E-state index contributed by atoms with van der Waals surface area (Å²) in [6.45, 7) is 2.06. The summed E-state index contributed by atoms with van der Waals surface area (Å²) >= 11 is 1.63. The Labute approximate surface area is 110 Å². The fourth-order valence-corrected chi connectivity index (χ4v) is 2.33. The summed E-state index contributed by atoms with van der Waals surface area (Å²) in [6, 6.07) is 8.26. The number of aliphatic hydroxyl groups is 1. The van der Waals surface area contributed by atoms with Crippen molar-refractivity contribution < 1.29 is 5.11 Å². The molecule has 96 valence electrons. The van der Waals surface area contributed by atoms with Gasteiger partial charge in [-0.15, -0.1) is 22.0 Å². The van der Waals surface area contributed by atoms with E-state index in [0.717, 1.165) is 4.90 Å². The zero-order valence-electron chi connectivity index (χ0n) is 10.4. The fraction of sp³-hybridized carbons (Fsp3) is 0.417. The number of rotatable bonds is 5. The SMILES string of the molecule is Cc1ccc(SCC(O)Cc2nnn(C)n2)cc1. The van der Waals surface area contributed by atoms with E-state index < -0.39 is 6.10 Å². The third-order valence-corrected chi connectivity index (χ3v) is 3.59. The number of nitrogens with zero attached hydrogens (tertiary/aromatic N) is 4. The molecule has 1 N–H and O–H groups in total. The van der Waals surface area contributed by atoms with E-state index in [2.05, 4.69) is 46.6 Å². The summed E-state index contributed by atoms with van der Waals surface area (Å²) in [4.78, 5) is 2.56. The molecule has 6 heteroatoms. The smallest absolute Gasteiger partial charge is 0.177 e. The molecule has 0 aliphatic heterocycles. The van der Waals surface area contributed by atoms with Gasteiger partial charge in [0.2, 0.25) is 0 Å². The minimum absolute atomic E-state index is 0.437. The second-order valence-electron chi connectivity index (χ2n) is 4.18. The van der Waals surface area contributed by atoms with E-state index in [-0.39, 0.29) is 0 Å². The van der Waals surface area contributed by atoms with Crippen molar-refractivity contribution in [2.24, 2.45) is 7.05 Å². The van der Waals surface area contributed by atoms with Gasteiger partial charge in [0.05, 0.1) is 13.2 Å². The summed E-state index contributed by atoms with van der Waals surface area (Å²) in [6.07, 6.45) is -0.0207. The predicted molar refractivity (Wildman–Crippen MR) is 70.4 cm³/mol. The minimum atomic E-state index is -0.458. The van der Waals surface area contributed by atoms with E-state index in [0.29, 0.717) is 18.0 Å². The van der Waals surface area contributed by atoms with E-state index in [9.17, 15) is 5.11 Å². The Bertz CT molecular complexity index is 497. The van der Waals surface area contributed by atoms with Crippen molar-refractivity contribution in [2.75, 3.05) is 5.75 Å². The summed E-state index contributed by atoms with van der Waals surface area (Å²) < 4.78 is 0. The molecule has 0 fully saturated rings. The standard InChI is InChI=1S/C12H16N4OS/c1-9-3-5-11(6-4-9)18-8-10(17)7-12-13-15-16(2)14-12/h3-6,10,17H,7-8H2,1-2H3. The van der Waals surface area contributed by atoms with Gasteiger partial charge < -0.3 is 5.11 Å². The number of aryl methyl sites for hydroxylation is 2. The Morgan fingerprint density at radius 1 is 1.33 bits per heavy atom. The zero-order valence-corrected chi connectivity index (χ0v) is 11.3. The highest BCUT2D eigenvalue weighted by Gasteiger charge is 2.10. The van der Waals surface area contributed by atoms with Crippen LogP contribution in [0.4, 0.5) is 0 Å². The van der Waals surface area contributed by atoms with E-state index in [1.807, 2.05) is 0 Å². The van der Waals surface area contributed by atoms with Crippen LogP contribution < -0.4 is 0 Å². The van der Waals surface area contributed by atoms with E-state index >= 15 is 0 Å². The maximum atomic E-state index is 9.89. The monoisotopic (exact) mass is 264 g/mol. The number of benzene rings is 1. The molecular weight excluding hydrogens is 248 g/mol. The van der Waals surface area contributed by atoms with Gasteiger partial charge in [0.15, 0.2) is 5.82 Å². The third kappa shape index (κ3) is 3.82. The van der Waals surface area contributed by atoms with Gasteiger partial charge in [-0.3, -0.25) is 0 Å². The lowest BCUT2D eigenvalue weighted by Gasteiger charge is -2.07. The Balaban J connectivity index is 1.81. The topological polar surface area (TPSA) is 63.8 Å². The van der Waals surface area contributed by atoms with Gasteiger partial charge in [-0.25, -0.2) is 0 Å². The average Bonchev–Trinajstić information content (AvgIpc) is 2.74. The van der Waals surface area contributed by atoms with Crippen LogP contribution in [0.5, 0.6) is 0 Å². The van der Waals surface area contributed by atoms with Crippen molar-refractivity contribution in [2.45, 2.75) is 24.3 Å². The molecule has 5 nitrogen and oxygen atoms in total. The molecule has 1 atom stereocenters. The van der Waals surface area contributed by atoms with Crippen LogP contribution in [-0.2, 0) is 13.5 Å². The van der Waals surface area contributed by atoms with Gasteiger partial charge in [0, 0.05) is 17.1 Å². The number of hydrogen-bond donors (Lipinski definition) is 1. The number of aliphatic hydroxyl groups excluding tert-OH is 1. The molecular formula is C12H16N4OS. The first-order valence-corrected chi connectivity index (χ1v) is 6.72. The number of thioether (sulfide) groups is 1. The summed E-state index contributed by atoms with van der Waals surface area (Å²) in [5.74, 6) is 1.20. The van der Waals surface area contributed by atoms with Gasteiger partial charge in [-0.1, -0.05) is 17.7 Å². The zero-order chi connectivity index (χ0) is 13.0. The summed E-state index contributed by atoms with van der Waals surface area (Å²) in [5, 5.41) is 21.5. The maximum Gasteiger partial charge on any atom is 0.177 e. The van der Waals surface area contributed by atoms with Crippen LogP contribution >= 0.6 is 11.8 Å². The molecule has 2 rings (SSSR count). The first-order valence-electron chi connectivity index (χ1n) is 5.74. The molecule has 1 unspecified atom stereocenters. The Morgan fingerprint density at radius 2 is 2.06 bits per heavy atom. The lowest BCUT2D eigenvalue weighted by molar-refractivity contribution is 0.197. The van der Waals surface area contributed by atoms with Crippen molar-refractivity contribution in [1.82, 2.24) is 20.2 Å². The fourth-order valence-electron chi connectivity index (χ4n) is 1.50. The van der Waals surface area contributed by atoms with Crippen LogP contribution in [0.15, 0.2) is 29.2 Å². The molecule has 1 heterocycles. The largest absolute Gasteiger partial charge is 0.392 e. The molecule has 0 spiro atoms. The van der Waals surface area contributed by atoms with Gasteiger partial charge in [-0.05, 0) is 24.3 Å². The number of hydrogen-bond acceptors (Lipinski definition) is 5. The first-order chi connectivity index (χ1) is 8.63. The molecule has 0 saturated heterocycles. The second-order valence-corrected chi connectivity index (χ2v) is 5.27. The average molecular weight is 264 g/mol. The van der Waals surface area contributed by atoms with Crippen molar-refractivity contribution in [3.05, 3.63) is 35.7 Å². The van der Waals surface area contributed by atoms with Crippen LogP contribution in [0.1, 0.15) is 11.4 Å². The predicted octanol–water partition coefficient (Wildman–Crippen LogP) is 1.21. The Kier molecular flexibility index (Phi) is 4.33. The van der Waals surface area contributed by atoms with Gasteiger partial charge in [0.25, 0.3) is 0 Å². The Morgan fingerprint density at radius 3 is 2.67 bits per heavy atom. The number of aromatic nitrogens is 4. The van der Waals surface area contributed by atoms with Crippen LogP contribution in [0.25, 0.3) is 0 Å². The van der Waals surface area contributed by atoms with E-state index in [4.69, 9.17) is 0 Å². The quantitative estimate of drug-likeness (QED) is 0.823. The lowest BCUT2D eigenvalue weighted by atomic mass is 10.2. The van der Waals surface area contributed by atoms with E-state index in [1.54, 1.807) is 18.8 Å². The van der Waals surface area contributed by atoms with Gasteiger partial charge >= 0.3 is 0 Å². The maximum absolute atomic E-state index is 9.89. The first kappa shape index (κ1) is 13.0. The van der Waals surface area contributed by atoms with Crippen molar-refractivity contribution >= 4 is 11.8 Å². The molecule has 0 bridgehead atoms. The highest BCUT2D eigenvalue weighted by molar-refractivity contribution is 7.99.